The lowest BCUT2D eigenvalue weighted by Crippen LogP contribution is -2.43. The van der Waals surface area contributed by atoms with Gasteiger partial charge in [0.2, 0.25) is 0 Å². The van der Waals surface area contributed by atoms with Crippen LogP contribution in [0.3, 0.4) is 0 Å². The molecule has 120 valence electrons. The van der Waals surface area contributed by atoms with Crippen molar-refractivity contribution < 1.29 is 28.6 Å². The van der Waals surface area contributed by atoms with E-state index in [-0.39, 0.29) is 11.3 Å². The number of nitrogens with one attached hydrogen (secondary N) is 2. The summed E-state index contributed by atoms with van der Waals surface area (Å²) < 4.78 is 15.1. The summed E-state index contributed by atoms with van der Waals surface area (Å²) in [7, 11) is 4.24. The van der Waals surface area contributed by atoms with E-state index in [2.05, 4.69) is 5.32 Å². The van der Waals surface area contributed by atoms with E-state index in [4.69, 9.17) is 14.2 Å². The second-order valence-corrected chi connectivity index (χ2v) is 4.18. The van der Waals surface area contributed by atoms with Gasteiger partial charge >= 0.3 is 12.0 Å². The molecule has 1 rings (SSSR count). The van der Waals surface area contributed by atoms with Crippen LogP contribution in [-0.2, 0) is 9.53 Å². The number of carbonyl (C=O) groups is 3. The monoisotopic (exact) mass is 310 g/mol. The molecule has 0 saturated heterocycles. The fourth-order valence-electron chi connectivity index (χ4n) is 1.52. The average molecular weight is 310 g/mol. The standard InChI is InChI=1S/C14H18N2O6/c1-8(12(17)16-14(19)15-2)22-13(18)10-6-5-9(20-3)7-11(10)21-4/h5-8H,1-4H3,(H2,15,16,17,19)/t8-/m1/s1. The molecule has 0 fully saturated rings. The molecule has 22 heavy (non-hydrogen) atoms. The van der Waals surface area contributed by atoms with Crippen LogP contribution in [0.2, 0.25) is 0 Å². The van der Waals surface area contributed by atoms with Crippen LogP contribution in [0.15, 0.2) is 18.2 Å². The minimum atomic E-state index is -1.14. The highest BCUT2D eigenvalue weighted by atomic mass is 16.5. The second kappa shape index (κ2) is 7.87. The van der Waals surface area contributed by atoms with Crippen molar-refractivity contribution in [1.82, 2.24) is 10.6 Å². The Morgan fingerprint density at radius 3 is 2.36 bits per heavy atom. The van der Waals surface area contributed by atoms with Crippen LogP contribution in [0, 0.1) is 0 Å². The van der Waals surface area contributed by atoms with E-state index in [0.717, 1.165) is 0 Å². The van der Waals surface area contributed by atoms with Crippen molar-refractivity contribution in [3.05, 3.63) is 23.8 Å². The molecule has 0 unspecified atom stereocenters. The summed E-state index contributed by atoms with van der Waals surface area (Å²) in [5.74, 6) is -0.721. The number of imide groups is 1. The molecule has 0 spiro atoms. The molecule has 0 aliphatic heterocycles. The molecule has 0 aromatic heterocycles. The lowest BCUT2D eigenvalue weighted by Gasteiger charge is -2.14. The highest BCUT2D eigenvalue weighted by Crippen LogP contribution is 2.25. The van der Waals surface area contributed by atoms with E-state index in [9.17, 15) is 14.4 Å². The van der Waals surface area contributed by atoms with Gasteiger partial charge in [-0.05, 0) is 19.1 Å². The molecule has 8 nitrogen and oxygen atoms in total. The second-order valence-electron chi connectivity index (χ2n) is 4.18. The van der Waals surface area contributed by atoms with Gasteiger partial charge in [-0.2, -0.15) is 0 Å². The third kappa shape index (κ3) is 4.37. The molecule has 0 saturated carbocycles. The average Bonchev–Trinajstić information content (AvgIpc) is 2.53. The zero-order valence-electron chi connectivity index (χ0n) is 12.8. The number of benzene rings is 1. The summed E-state index contributed by atoms with van der Waals surface area (Å²) in [6, 6.07) is 3.86. The molecule has 8 heteroatoms. The van der Waals surface area contributed by atoms with Crippen LogP contribution in [0.5, 0.6) is 11.5 Å². The SMILES string of the molecule is CNC(=O)NC(=O)[C@@H](C)OC(=O)c1ccc(OC)cc1OC. The minimum absolute atomic E-state index is 0.142. The number of carbonyl (C=O) groups excluding carboxylic acids is 3. The molecule has 2 N–H and O–H groups in total. The molecule has 0 bridgehead atoms. The third-order valence-electron chi connectivity index (χ3n) is 2.75. The number of urea groups is 1. The molecule has 1 aromatic rings. The Morgan fingerprint density at radius 2 is 1.82 bits per heavy atom. The Labute approximate surface area is 127 Å². The number of ether oxygens (including phenoxy) is 3. The van der Waals surface area contributed by atoms with Crippen molar-refractivity contribution in [2.75, 3.05) is 21.3 Å². The van der Waals surface area contributed by atoms with E-state index < -0.39 is 24.0 Å². The first-order valence-corrected chi connectivity index (χ1v) is 6.38. The molecule has 1 atom stereocenters. The van der Waals surface area contributed by atoms with Crippen molar-refractivity contribution in [1.29, 1.82) is 0 Å². The Bertz CT molecular complexity index is 572. The zero-order chi connectivity index (χ0) is 16.7. The number of amides is 3. The molecule has 1 aromatic carbocycles. The van der Waals surface area contributed by atoms with Crippen molar-refractivity contribution in [2.45, 2.75) is 13.0 Å². The first-order chi connectivity index (χ1) is 10.4. The lowest BCUT2D eigenvalue weighted by atomic mass is 10.2. The van der Waals surface area contributed by atoms with Crippen molar-refractivity contribution in [3.8, 4) is 11.5 Å². The van der Waals surface area contributed by atoms with Crippen LogP contribution < -0.4 is 20.1 Å². The van der Waals surface area contributed by atoms with Gasteiger partial charge in [-0.3, -0.25) is 10.1 Å². The van der Waals surface area contributed by atoms with Gasteiger partial charge in [-0.25, -0.2) is 9.59 Å². The van der Waals surface area contributed by atoms with Crippen LogP contribution in [0.4, 0.5) is 4.79 Å². The van der Waals surface area contributed by atoms with Crippen LogP contribution in [0.25, 0.3) is 0 Å². The summed E-state index contributed by atoms with van der Waals surface area (Å²) in [5, 5.41) is 4.24. The molecule has 0 aliphatic carbocycles. The Kier molecular flexibility index (Phi) is 6.18. The van der Waals surface area contributed by atoms with Gasteiger partial charge in [0.15, 0.2) is 6.10 Å². The van der Waals surface area contributed by atoms with E-state index in [1.54, 1.807) is 6.07 Å². The summed E-state index contributed by atoms with van der Waals surface area (Å²) >= 11 is 0. The van der Waals surface area contributed by atoms with Crippen LogP contribution >= 0.6 is 0 Å². The van der Waals surface area contributed by atoms with Gasteiger partial charge in [0.1, 0.15) is 17.1 Å². The maximum atomic E-state index is 12.1. The van der Waals surface area contributed by atoms with E-state index in [1.807, 2.05) is 5.32 Å². The maximum absolute atomic E-state index is 12.1. The number of methoxy groups -OCH3 is 2. The first kappa shape index (κ1) is 17.3. The molecule has 0 radical (unpaired) electrons. The Morgan fingerprint density at radius 1 is 1.14 bits per heavy atom. The van der Waals surface area contributed by atoms with Crippen LogP contribution in [-0.4, -0.2) is 45.3 Å². The Hall–Kier alpha value is -2.77. The van der Waals surface area contributed by atoms with Crippen LogP contribution in [0.1, 0.15) is 17.3 Å². The summed E-state index contributed by atoms with van der Waals surface area (Å²) in [6.45, 7) is 1.35. The van der Waals surface area contributed by atoms with Gasteiger partial charge in [0.05, 0.1) is 14.2 Å². The number of hydrogen-bond donors (Lipinski definition) is 2. The van der Waals surface area contributed by atoms with E-state index in [0.29, 0.717) is 5.75 Å². The minimum Gasteiger partial charge on any atom is -0.497 e. The molecule has 3 amide bonds. The summed E-state index contributed by atoms with van der Waals surface area (Å²) in [6.07, 6.45) is -1.14. The van der Waals surface area contributed by atoms with Gasteiger partial charge < -0.3 is 19.5 Å². The number of esters is 1. The largest absolute Gasteiger partial charge is 0.497 e. The number of rotatable bonds is 5. The van der Waals surface area contributed by atoms with Gasteiger partial charge in [0.25, 0.3) is 5.91 Å². The predicted molar refractivity (Wildman–Crippen MR) is 77.0 cm³/mol. The molecule has 0 aliphatic rings. The topological polar surface area (TPSA) is 103 Å². The highest BCUT2D eigenvalue weighted by molar-refractivity contribution is 5.99. The van der Waals surface area contributed by atoms with Crippen molar-refractivity contribution in [3.63, 3.8) is 0 Å². The molecular weight excluding hydrogens is 292 g/mol. The fraction of sp³-hybridized carbons (Fsp3) is 0.357. The fourth-order valence-corrected chi connectivity index (χ4v) is 1.52. The van der Waals surface area contributed by atoms with Gasteiger partial charge in [-0.15, -0.1) is 0 Å². The summed E-state index contributed by atoms with van der Waals surface area (Å²) in [5.41, 5.74) is 0.142. The number of hydrogen-bond acceptors (Lipinski definition) is 6. The maximum Gasteiger partial charge on any atom is 0.342 e. The van der Waals surface area contributed by atoms with E-state index >= 15 is 0 Å². The van der Waals surface area contributed by atoms with E-state index in [1.165, 1.54) is 40.3 Å². The Balaban J connectivity index is 2.80. The summed E-state index contributed by atoms with van der Waals surface area (Å²) in [4.78, 5) is 34.7. The molecular formula is C14H18N2O6. The van der Waals surface area contributed by atoms with Gasteiger partial charge in [-0.1, -0.05) is 0 Å². The lowest BCUT2D eigenvalue weighted by molar-refractivity contribution is -0.127. The van der Waals surface area contributed by atoms with Crippen molar-refractivity contribution >= 4 is 17.9 Å². The van der Waals surface area contributed by atoms with Gasteiger partial charge in [0, 0.05) is 13.1 Å². The quantitative estimate of drug-likeness (QED) is 0.776. The normalized spacial score (nSPS) is 11.1. The smallest absolute Gasteiger partial charge is 0.342 e. The van der Waals surface area contributed by atoms with Crippen molar-refractivity contribution in [2.24, 2.45) is 0 Å². The molecule has 0 heterocycles. The third-order valence-corrected chi connectivity index (χ3v) is 2.75. The first-order valence-electron chi connectivity index (χ1n) is 6.38. The predicted octanol–water partition coefficient (Wildman–Crippen LogP) is 0.705. The highest BCUT2D eigenvalue weighted by Gasteiger charge is 2.22. The zero-order valence-corrected chi connectivity index (χ0v) is 12.8.